The van der Waals surface area contributed by atoms with Crippen LogP contribution in [-0.2, 0) is 32.6 Å². The van der Waals surface area contributed by atoms with E-state index in [9.17, 15) is 34.6 Å². The van der Waals surface area contributed by atoms with Crippen LogP contribution in [0.2, 0.25) is 0 Å². The molecule has 1 aliphatic carbocycles. The van der Waals surface area contributed by atoms with Gasteiger partial charge in [0, 0.05) is 11.5 Å². The van der Waals surface area contributed by atoms with Gasteiger partial charge >= 0.3 is 89.1 Å². The Morgan fingerprint density at radius 3 is 2.12 bits per heavy atom. The second-order valence-electron chi connectivity index (χ2n) is 6.97. The Morgan fingerprint density at radius 1 is 1.06 bits per heavy atom. The Kier molecular flexibility index (Phi) is 8.17. The Hall–Kier alpha value is -2.49. The van der Waals surface area contributed by atoms with Crippen molar-refractivity contribution in [1.29, 1.82) is 0 Å². The molecule has 16 heteroatoms. The Balaban J connectivity index is 0.000000248. The zero-order valence-corrected chi connectivity index (χ0v) is 20.8. The summed E-state index contributed by atoms with van der Waals surface area (Å²) in [7, 11) is -8.99. The third kappa shape index (κ3) is 6.34. The first kappa shape index (κ1) is 27.8. The molecule has 2 unspecified atom stereocenters. The van der Waals surface area contributed by atoms with Crippen molar-refractivity contribution in [1.82, 2.24) is 5.32 Å². The minimum Gasteiger partial charge on any atom is -0.507 e. The fourth-order valence-corrected chi connectivity index (χ4v) is 6.24. The number of aromatic hydroxyl groups is 1. The van der Waals surface area contributed by atoms with Gasteiger partial charge in [-0.2, -0.15) is 16.8 Å². The van der Waals surface area contributed by atoms with Crippen LogP contribution in [0.1, 0.15) is 13.3 Å². The number of allylic oxidation sites excluding steroid dienone is 2. The SMILES string of the molecule is CC(=O)NC1([As](=O)(O)OO)C=CC=CC1.O=S(=O)(O)c1ccc2c(O)cc(S(=O)(=O)O)cc2c1. The van der Waals surface area contributed by atoms with E-state index in [1.807, 2.05) is 0 Å². The van der Waals surface area contributed by atoms with Gasteiger partial charge < -0.3 is 5.11 Å². The number of hydrogen-bond acceptors (Lipinski definition) is 9. The van der Waals surface area contributed by atoms with Gasteiger partial charge in [0.05, 0.1) is 9.79 Å². The number of phenolic OH excluding ortho intramolecular Hbond substituents is 1. The van der Waals surface area contributed by atoms with E-state index in [4.69, 9.17) is 14.4 Å². The average Bonchev–Trinajstić information content (AvgIpc) is 2.72. The van der Waals surface area contributed by atoms with Crippen LogP contribution < -0.4 is 5.32 Å². The van der Waals surface area contributed by atoms with Gasteiger partial charge in [-0.05, 0) is 29.7 Å². The van der Waals surface area contributed by atoms with E-state index in [1.54, 1.807) is 12.2 Å². The number of nitrogens with one attached hydrogen (secondary N) is 1. The van der Waals surface area contributed by atoms with Crippen LogP contribution in [0.5, 0.6) is 5.75 Å². The van der Waals surface area contributed by atoms with E-state index in [1.165, 1.54) is 25.1 Å². The maximum atomic E-state index is 11.6. The monoisotopic (exact) mass is 581 g/mol. The average molecular weight is 581 g/mol. The van der Waals surface area contributed by atoms with E-state index in [0.29, 0.717) is 0 Å². The molecule has 34 heavy (non-hydrogen) atoms. The van der Waals surface area contributed by atoms with Crippen LogP contribution >= 0.6 is 0 Å². The summed E-state index contributed by atoms with van der Waals surface area (Å²) in [6.45, 7) is 1.22. The van der Waals surface area contributed by atoms with Crippen molar-refractivity contribution >= 4 is 51.1 Å². The van der Waals surface area contributed by atoms with Gasteiger partial charge in [0.1, 0.15) is 5.75 Å². The van der Waals surface area contributed by atoms with Gasteiger partial charge in [0.25, 0.3) is 20.2 Å². The first-order valence-electron chi connectivity index (χ1n) is 9.03. The predicted octanol–water partition coefficient (Wildman–Crippen LogP) is 0.807. The number of benzene rings is 2. The van der Waals surface area contributed by atoms with Gasteiger partial charge in [-0.25, -0.2) is 0 Å². The molecule has 2 aromatic rings. The number of fused-ring (bicyclic) bond motifs is 1. The van der Waals surface area contributed by atoms with Crippen LogP contribution in [0.4, 0.5) is 0 Å². The molecule has 2 aromatic carbocycles. The molecule has 0 bridgehead atoms. The quantitative estimate of drug-likeness (QED) is 0.125. The van der Waals surface area contributed by atoms with Crippen LogP contribution in [0.15, 0.2) is 64.4 Å². The van der Waals surface area contributed by atoms with Crippen molar-refractivity contribution in [3.05, 3.63) is 54.6 Å². The molecule has 1 amide bonds. The molecule has 0 saturated heterocycles. The molecule has 13 nitrogen and oxygen atoms in total. The van der Waals surface area contributed by atoms with Crippen molar-refractivity contribution in [3.8, 4) is 5.75 Å². The molecule has 2 atom stereocenters. The van der Waals surface area contributed by atoms with Crippen LogP contribution in [0.25, 0.3) is 10.8 Å². The molecule has 0 aromatic heterocycles. The van der Waals surface area contributed by atoms with Gasteiger partial charge in [-0.1, -0.05) is 0 Å². The van der Waals surface area contributed by atoms with Crippen molar-refractivity contribution in [2.45, 2.75) is 27.5 Å². The first-order chi connectivity index (χ1) is 15.5. The summed E-state index contributed by atoms with van der Waals surface area (Å²) in [6, 6.07) is 5.08. The summed E-state index contributed by atoms with van der Waals surface area (Å²) >= 11 is -5.02. The minimum absolute atomic E-state index is 0.0442. The van der Waals surface area contributed by atoms with Crippen molar-refractivity contribution < 1.29 is 52.8 Å². The van der Waals surface area contributed by atoms with Crippen LogP contribution in [0.3, 0.4) is 0 Å². The Morgan fingerprint density at radius 2 is 1.65 bits per heavy atom. The van der Waals surface area contributed by atoms with Gasteiger partial charge in [0.2, 0.25) is 0 Å². The summed E-state index contributed by atoms with van der Waals surface area (Å²) in [6.07, 6.45) is 6.26. The maximum Gasteiger partial charge on any atom is 0.294 e. The summed E-state index contributed by atoms with van der Waals surface area (Å²) in [5, 5.41) is 20.6. The van der Waals surface area contributed by atoms with Gasteiger partial charge in [-0.15, -0.1) is 0 Å². The summed E-state index contributed by atoms with van der Waals surface area (Å²) in [4.78, 5) is 9.92. The number of amides is 1. The van der Waals surface area contributed by atoms with Crippen molar-refractivity contribution in [2.24, 2.45) is 0 Å². The van der Waals surface area contributed by atoms with Crippen LogP contribution in [-0.4, -0.2) is 64.8 Å². The Labute approximate surface area is 196 Å². The molecule has 1 aliphatic rings. The molecule has 0 heterocycles. The molecule has 0 saturated carbocycles. The normalized spacial score (nSPS) is 19.7. The number of carbonyl (C=O) groups excluding carboxylic acids is 1. The molecule has 0 aliphatic heterocycles. The smallest absolute Gasteiger partial charge is 0.294 e. The fourth-order valence-electron chi connectivity index (χ4n) is 2.97. The summed E-state index contributed by atoms with van der Waals surface area (Å²) in [5.41, 5.74) is 0. The van der Waals surface area contributed by atoms with E-state index < -0.39 is 60.2 Å². The minimum atomic E-state index is -5.02. The zero-order chi connectivity index (χ0) is 25.9. The Bertz CT molecular complexity index is 1430. The number of rotatable bonds is 5. The van der Waals surface area contributed by atoms with Gasteiger partial charge in [-0.3, -0.25) is 9.11 Å². The summed E-state index contributed by atoms with van der Waals surface area (Å²) in [5.74, 6) is -0.908. The molecular formula is C18H20AsNO12S2. The molecular weight excluding hydrogens is 561 g/mol. The van der Waals surface area contributed by atoms with E-state index >= 15 is 0 Å². The second-order valence-corrected chi connectivity index (χ2v) is 14.0. The van der Waals surface area contributed by atoms with Gasteiger partial charge in [0.15, 0.2) is 0 Å². The van der Waals surface area contributed by atoms with Crippen molar-refractivity contribution in [2.75, 3.05) is 0 Å². The molecule has 6 N–H and O–H groups in total. The zero-order valence-electron chi connectivity index (χ0n) is 17.3. The molecule has 0 spiro atoms. The standard InChI is InChI=1S/C10H8O7S2.C8H12AsNO5/c11-10-5-8(19(15,16)17)4-6-3-7(18(12,13)14)1-2-9(6)10;1-7(11)10-8(9(12,13)15-14)5-3-2-4-6-8/h1-5,11H,(H,12,13,14)(H,15,16,17);2-5,14H,6H2,1H3,(H,10,11)(H,12,13). The maximum absolute atomic E-state index is 11.6. The predicted molar refractivity (Wildman–Crippen MR) is 117 cm³/mol. The van der Waals surface area contributed by atoms with E-state index in [0.717, 1.165) is 24.3 Å². The number of phenols is 1. The third-order valence-corrected chi connectivity index (χ3v) is 9.72. The first-order valence-corrected chi connectivity index (χ1v) is 15.2. The van der Waals surface area contributed by atoms with E-state index in [-0.39, 0.29) is 17.2 Å². The van der Waals surface area contributed by atoms with E-state index in [2.05, 4.69) is 9.19 Å². The third-order valence-electron chi connectivity index (χ3n) is 4.53. The van der Waals surface area contributed by atoms with Crippen molar-refractivity contribution in [3.63, 3.8) is 0 Å². The molecule has 0 radical (unpaired) electrons. The van der Waals surface area contributed by atoms with Crippen LogP contribution in [0, 0.1) is 0 Å². The molecule has 186 valence electrons. The molecule has 3 rings (SSSR count). The topological polar surface area (TPSA) is 225 Å². The molecule has 0 fully saturated rings. The largest absolute Gasteiger partial charge is 0.507 e. The second kappa shape index (κ2) is 10.0. The fraction of sp³-hybridized carbons (Fsp3) is 0.167. The number of hydrogen-bond donors (Lipinski definition) is 6. The number of carbonyl (C=O) groups is 1. The summed E-state index contributed by atoms with van der Waals surface area (Å²) < 4.78 is 85.0.